The number of fused-ring (bicyclic) bond motifs is 1. The maximum absolute atomic E-state index is 5.34. The summed E-state index contributed by atoms with van der Waals surface area (Å²) in [5, 5.41) is 1.23. The van der Waals surface area contributed by atoms with Crippen molar-refractivity contribution in [2.75, 3.05) is 14.2 Å². The number of benzene rings is 2. The lowest BCUT2D eigenvalue weighted by atomic mass is 10.1. The zero-order chi connectivity index (χ0) is 14.8. The van der Waals surface area contributed by atoms with E-state index < -0.39 is 0 Å². The van der Waals surface area contributed by atoms with Crippen molar-refractivity contribution >= 4 is 10.9 Å². The Morgan fingerprint density at radius 1 is 0.857 bits per heavy atom. The molecule has 0 unspecified atom stereocenters. The lowest BCUT2D eigenvalue weighted by Crippen LogP contribution is -1.96. The van der Waals surface area contributed by atoms with Crippen LogP contribution < -0.4 is 9.47 Å². The van der Waals surface area contributed by atoms with E-state index in [0.717, 1.165) is 18.0 Å². The molecule has 0 atom stereocenters. The molecule has 0 N–H and O–H groups in total. The molecule has 0 fully saturated rings. The van der Waals surface area contributed by atoms with Gasteiger partial charge in [-0.1, -0.05) is 0 Å². The number of rotatable bonds is 4. The fraction of sp³-hybridized carbons (Fsp3) is 0.222. The monoisotopic (exact) mass is 281 g/mol. The van der Waals surface area contributed by atoms with Gasteiger partial charge in [-0.3, -0.25) is 0 Å². The Hall–Kier alpha value is -2.42. The maximum atomic E-state index is 5.34. The zero-order valence-corrected chi connectivity index (χ0v) is 12.6. The van der Waals surface area contributed by atoms with Crippen LogP contribution in [0, 0.1) is 0 Å². The van der Waals surface area contributed by atoms with Crippen LogP contribution in [-0.2, 0) is 6.54 Å². The molecule has 0 aliphatic heterocycles. The van der Waals surface area contributed by atoms with Gasteiger partial charge in [-0.15, -0.1) is 0 Å². The van der Waals surface area contributed by atoms with Crippen LogP contribution >= 0.6 is 0 Å². The van der Waals surface area contributed by atoms with Crippen LogP contribution in [0.2, 0.25) is 0 Å². The van der Waals surface area contributed by atoms with Crippen LogP contribution in [-0.4, -0.2) is 18.8 Å². The molecule has 21 heavy (non-hydrogen) atoms. The highest BCUT2D eigenvalue weighted by Gasteiger charge is 2.10. The number of hydrogen-bond donors (Lipinski definition) is 0. The number of nitrogens with zero attached hydrogens (tertiary/aromatic N) is 1. The first-order valence-corrected chi connectivity index (χ1v) is 7.08. The van der Waals surface area contributed by atoms with Gasteiger partial charge >= 0.3 is 0 Å². The summed E-state index contributed by atoms with van der Waals surface area (Å²) in [7, 11) is 3.38. The van der Waals surface area contributed by atoms with Crippen molar-refractivity contribution in [3.63, 3.8) is 0 Å². The first-order valence-electron chi connectivity index (χ1n) is 7.08. The molecule has 0 aliphatic rings. The Bertz CT molecular complexity index is 757. The number of ether oxygens (including phenoxy) is 2. The van der Waals surface area contributed by atoms with Crippen molar-refractivity contribution in [1.82, 2.24) is 4.57 Å². The Labute approximate surface area is 124 Å². The molecule has 0 radical (unpaired) electrons. The largest absolute Gasteiger partial charge is 0.497 e. The number of aromatic nitrogens is 1. The molecule has 0 spiro atoms. The maximum Gasteiger partial charge on any atom is 0.120 e. The van der Waals surface area contributed by atoms with Crippen molar-refractivity contribution in [3.05, 3.63) is 48.5 Å². The first kappa shape index (κ1) is 13.6. The van der Waals surface area contributed by atoms with Crippen LogP contribution in [0.1, 0.15) is 6.92 Å². The topological polar surface area (TPSA) is 23.4 Å². The van der Waals surface area contributed by atoms with Gasteiger partial charge in [0.1, 0.15) is 11.5 Å². The average molecular weight is 281 g/mol. The van der Waals surface area contributed by atoms with E-state index in [2.05, 4.69) is 41.8 Å². The minimum atomic E-state index is 0.875. The minimum absolute atomic E-state index is 0.875. The molecule has 0 amide bonds. The third kappa shape index (κ3) is 2.35. The second kappa shape index (κ2) is 5.52. The van der Waals surface area contributed by atoms with E-state index in [0.29, 0.717) is 0 Å². The van der Waals surface area contributed by atoms with Crippen molar-refractivity contribution in [2.45, 2.75) is 13.5 Å². The van der Waals surface area contributed by atoms with Crippen LogP contribution in [0.25, 0.3) is 22.2 Å². The van der Waals surface area contributed by atoms with Crippen LogP contribution in [0.3, 0.4) is 0 Å². The van der Waals surface area contributed by atoms with Crippen LogP contribution in [0.5, 0.6) is 11.5 Å². The molecule has 1 heterocycles. The average Bonchev–Trinajstić information content (AvgIpc) is 2.92. The molecule has 3 heteroatoms. The molecule has 1 aromatic heterocycles. The number of aryl methyl sites for hydroxylation is 1. The summed E-state index contributed by atoms with van der Waals surface area (Å²) in [6.45, 7) is 3.07. The molecular formula is C18H19NO2. The first-order chi connectivity index (χ1) is 10.3. The molecule has 3 rings (SSSR count). The quantitative estimate of drug-likeness (QED) is 0.710. The highest BCUT2D eigenvalue weighted by atomic mass is 16.5. The lowest BCUT2D eigenvalue weighted by Gasteiger charge is -2.09. The van der Waals surface area contributed by atoms with E-state index >= 15 is 0 Å². The highest BCUT2D eigenvalue weighted by Crippen LogP contribution is 2.31. The summed E-state index contributed by atoms with van der Waals surface area (Å²) in [6.07, 6.45) is 0. The van der Waals surface area contributed by atoms with E-state index in [1.54, 1.807) is 14.2 Å². The van der Waals surface area contributed by atoms with Crippen LogP contribution in [0.15, 0.2) is 48.5 Å². The number of hydrogen-bond acceptors (Lipinski definition) is 2. The summed E-state index contributed by atoms with van der Waals surface area (Å²) in [5.41, 5.74) is 3.60. The Kier molecular flexibility index (Phi) is 3.57. The Morgan fingerprint density at radius 2 is 1.52 bits per heavy atom. The standard InChI is InChI=1S/C18H19NO2/c1-4-19-17(13-5-8-15(20-2)9-6-13)11-14-7-10-16(21-3)12-18(14)19/h5-12H,4H2,1-3H3. The minimum Gasteiger partial charge on any atom is -0.497 e. The molecule has 0 aliphatic carbocycles. The van der Waals surface area contributed by atoms with E-state index in [1.165, 1.54) is 22.2 Å². The van der Waals surface area contributed by atoms with Crippen molar-refractivity contribution in [1.29, 1.82) is 0 Å². The van der Waals surface area contributed by atoms with Gasteiger partial charge in [0.25, 0.3) is 0 Å². The van der Waals surface area contributed by atoms with Gasteiger partial charge in [-0.25, -0.2) is 0 Å². The molecule has 3 nitrogen and oxygen atoms in total. The van der Waals surface area contributed by atoms with E-state index in [-0.39, 0.29) is 0 Å². The summed E-state index contributed by atoms with van der Waals surface area (Å²) >= 11 is 0. The fourth-order valence-electron chi connectivity index (χ4n) is 2.70. The third-order valence-corrected chi connectivity index (χ3v) is 3.81. The molecule has 2 aromatic carbocycles. The van der Waals surface area contributed by atoms with Crippen LogP contribution in [0.4, 0.5) is 0 Å². The molecule has 0 saturated heterocycles. The lowest BCUT2D eigenvalue weighted by molar-refractivity contribution is 0.415. The van der Waals surface area contributed by atoms with Gasteiger partial charge in [0.05, 0.1) is 19.7 Å². The summed E-state index contributed by atoms with van der Waals surface area (Å²) < 4.78 is 12.9. The summed E-state index contributed by atoms with van der Waals surface area (Å²) in [5.74, 6) is 1.76. The SMILES string of the molecule is CCn1c(-c2ccc(OC)cc2)cc2ccc(OC)cc21. The van der Waals surface area contributed by atoms with Gasteiger partial charge in [0, 0.05) is 23.7 Å². The second-order valence-electron chi connectivity index (χ2n) is 4.93. The Balaban J connectivity index is 2.16. The smallest absolute Gasteiger partial charge is 0.120 e. The van der Waals surface area contributed by atoms with Gasteiger partial charge in [0.2, 0.25) is 0 Å². The second-order valence-corrected chi connectivity index (χ2v) is 4.93. The van der Waals surface area contributed by atoms with Gasteiger partial charge in [-0.05, 0) is 55.0 Å². The summed E-state index contributed by atoms with van der Waals surface area (Å²) in [4.78, 5) is 0. The van der Waals surface area contributed by atoms with Crippen molar-refractivity contribution < 1.29 is 9.47 Å². The van der Waals surface area contributed by atoms with Crippen molar-refractivity contribution in [2.24, 2.45) is 0 Å². The highest BCUT2D eigenvalue weighted by molar-refractivity contribution is 5.88. The Morgan fingerprint density at radius 3 is 2.14 bits per heavy atom. The van der Waals surface area contributed by atoms with Gasteiger partial charge < -0.3 is 14.0 Å². The molecule has 0 saturated carbocycles. The van der Waals surface area contributed by atoms with Crippen molar-refractivity contribution in [3.8, 4) is 22.8 Å². The summed E-state index contributed by atoms with van der Waals surface area (Å²) in [6, 6.07) is 16.6. The molecular weight excluding hydrogens is 262 g/mol. The normalized spacial score (nSPS) is 10.8. The molecule has 3 aromatic rings. The van der Waals surface area contributed by atoms with E-state index in [1.807, 2.05) is 18.2 Å². The third-order valence-electron chi connectivity index (χ3n) is 3.81. The zero-order valence-electron chi connectivity index (χ0n) is 12.6. The van der Waals surface area contributed by atoms with Gasteiger partial charge in [-0.2, -0.15) is 0 Å². The number of methoxy groups -OCH3 is 2. The predicted octanol–water partition coefficient (Wildman–Crippen LogP) is 4.35. The molecule has 0 bridgehead atoms. The van der Waals surface area contributed by atoms with Gasteiger partial charge in [0.15, 0.2) is 0 Å². The molecule has 108 valence electrons. The fourth-order valence-corrected chi connectivity index (χ4v) is 2.70. The predicted molar refractivity (Wildman–Crippen MR) is 86.2 cm³/mol. The van der Waals surface area contributed by atoms with E-state index in [4.69, 9.17) is 9.47 Å². The van der Waals surface area contributed by atoms with E-state index in [9.17, 15) is 0 Å².